The molecule has 0 saturated heterocycles. The molecule has 1 aromatic heterocycles. The molecule has 0 bridgehead atoms. The molecule has 0 radical (unpaired) electrons. The van der Waals surface area contributed by atoms with Gasteiger partial charge in [0.15, 0.2) is 0 Å². The van der Waals surface area contributed by atoms with Gasteiger partial charge in [-0.15, -0.1) is 0 Å². The van der Waals surface area contributed by atoms with Gasteiger partial charge in [-0.25, -0.2) is 9.97 Å². The van der Waals surface area contributed by atoms with Gasteiger partial charge in [-0.1, -0.05) is 87.5 Å². The lowest BCUT2D eigenvalue weighted by Gasteiger charge is -2.21. The van der Waals surface area contributed by atoms with Gasteiger partial charge in [0, 0.05) is 11.0 Å². The monoisotopic (exact) mass is 338 g/mol. The fourth-order valence-electron chi connectivity index (χ4n) is 3.18. The van der Waals surface area contributed by atoms with Gasteiger partial charge in [-0.3, -0.25) is 0 Å². The minimum Gasteiger partial charge on any atom is -0.248 e. The van der Waals surface area contributed by atoms with Crippen molar-refractivity contribution in [2.24, 2.45) is 0 Å². The van der Waals surface area contributed by atoms with Gasteiger partial charge in [0.2, 0.25) is 0 Å². The number of aromatic nitrogens is 2. The summed E-state index contributed by atoms with van der Waals surface area (Å²) in [6.07, 6.45) is 0. The zero-order valence-electron chi connectivity index (χ0n) is 15.4. The highest BCUT2D eigenvalue weighted by molar-refractivity contribution is 5.79. The summed E-state index contributed by atoms with van der Waals surface area (Å²) in [4.78, 5) is 9.89. The number of hydrogen-bond donors (Lipinski definition) is 0. The summed E-state index contributed by atoms with van der Waals surface area (Å²) in [6, 6.07) is 27.1. The standard InChI is InChI=1S/C24H22N2/c1-24(2,3)23-22(25-20-11-7-8-12-21(20)26-23)19-15-13-18(14-16-19)17-9-5-4-6-10-17/h4-16H,1-3H3. The third-order valence-corrected chi connectivity index (χ3v) is 4.55. The van der Waals surface area contributed by atoms with Crippen LogP contribution in [0, 0.1) is 0 Å². The van der Waals surface area contributed by atoms with Crippen LogP contribution in [0.5, 0.6) is 0 Å². The molecule has 26 heavy (non-hydrogen) atoms. The minimum atomic E-state index is -0.0789. The summed E-state index contributed by atoms with van der Waals surface area (Å²) in [5.74, 6) is 0. The molecule has 0 aliphatic carbocycles. The first-order valence-electron chi connectivity index (χ1n) is 8.95. The van der Waals surface area contributed by atoms with Crippen molar-refractivity contribution in [2.75, 3.05) is 0 Å². The molecule has 0 aliphatic rings. The molecule has 0 unspecified atom stereocenters. The Morgan fingerprint density at radius 3 is 1.65 bits per heavy atom. The van der Waals surface area contributed by atoms with E-state index in [2.05, 4.69) is 69.3 Å². The van der Waals surface area contributed by atoms with Crippen molar-refractivity contribution in [3.63, 3.8) is 0 Å². The topological polar surface area (TPSA) is 25.8 Å². The lowest BCUT2D eigenvalue weighted by molar-refractivity contribution is 0.571. The number of fused-ring (bicyclic) bond motifs is 1. The normalized spacial score (nSPS) is 11.7. The fraction of sp³-hybridized carbons (Fsp3) is 0.167. The molecular weight excluding hydrogens is 316 g/mol. The highest BCUT2D eigenvalue weighted by Crippen LogP contribution is 2.32. The van der Waals surface area contributed by atoms with Crippen LogP contribution in [0.25, 0.3) is 33.4 Å². The van der Waals surface area contributed by atoms with Crippen LogP contribution in [0.3, 0.4) is 0 Å². The Morgan fingerprint density at radius 2 is 1.04 bits per heavy atom. The first-order valence-corrected chi connectivity index (χ1v) is 8.95. The number of rotatable bonds is 2. The van der Waals surface area contributed by atoms with Crippen molar-refractivity contribution in [2.45, 2.75) is 26.2 Å². The van der Waals surface area contributed by atoms with Gasteiger partial charge in [-0.2, -0.15) is 0 Å². The maximum absolute atomic E-state index is 4.95. The smallest absolute Gasteiger partial charge is 0.0930 e. The number of hydrogen-bond acceptors (Lipinski definition) is 2. The molecule has 1 heterocycles. The quantitative estimate of drug-likeness (QED) is 0.431. The first-order chi connectivity index (χ1) is 12.5. The largest absolute Gasteiger partial charge is 0.248 e. The van der Waals surface area contributed by atoms with Crippen LogP contribution >= 0.6 is 0 Å². The average molecular weight is 338 g/mol. The molecule has 0 aliphatic heterocycles. The van der Waals surface area contributed by atoms with Crippen LogP contribution in [-0.2, 0) is 5.41 Å². The van der Waals surface area contributed by atoms with Crippen LogP contribution < -0.4 is 0 Å². The molecule has 128 valence electrons. The van der Waals surface area contributed by atoms with Gasteiger partial charge < -0.3 is 0 Å². The Hall–Kier alpha value is -3.00. The molecular formula is C24H22N2. The van der Waals surface area contributed by atoms with Crippen molar-refractivity contribution in [3.05, 3.63) is 84.6 Å². The second kappa shape index (κ2) is 6.38. The maximum atomic E-state index is 4.95. The van der Waals surface area contributed by atoms with Crippen molar-refractivity contribution >= 4 is 11.0 Å². The number of nitrogens with zero attached hydrogens (tertiary/aromatic N) is 2. The van der Waals surface area contributed by atoms with E-state index in [0.29, 0.717) is 0 Å². The van der Waals surface area contributed by atoms with E-state index in [0.717, 1.165) is 28.0 Å². The third kappa shape index (κ3) is 3.11. The van der Waals surface area contributed by atoms with Crippen molar-refractivity contribution < 1.29 is 0 Å². The Balaban J connectivity index is 1.85. The average Bonchev–Trinajstić information content (AvgIpc) is 2.67. The molecule has 2 nitrogen and oxygen atoms in total. The maximum Gasteiger partial charge on any atom is 0.0930 e. The van der Waals surface area contributed by atoms with Crippen molar-refractivity contribution in [1.82, 2.24) is 9.97 Å². The fourth-order valence-corrected chi connectivity index (χ4v) is 3.18. The Morgan fingerprint density at radius 1 is 0.538 bits per heavy atom. The van der Waals surface area contributed by atoms with Crippen LogP contribution in [0.15, 0.2) is 78.9 Å². The summed E-state index contributed by atoms with van der Waals surface area (Å²) < 4.78 is 0. The molecule has 4 rings (SSSR count). The highest BCUT2D eigenvalue weighted by Gasteiger charge is 2.22. The van der Waals surface area contributed by atoms with E-state index in [9.17, 15) is 0 Å². The van der Waals surface area contributed by atoms with Gasteiger partial charge in [-0.05, 0) is 23.3 Å². The molecule has 0 saturated carbocycles. The Kier molecular flexibility index (Phi) is 4.04. The van der Waals surface area contributed by atoms with E-state index in [4.69, 9.17) is 9.97 Å². The van der Waals surface area contributed by atoms with E-state index in [1.807, 2.05) is 30.3 Å². The summed E-state index contributed by atoms with van der Waals surface area (Å²) in [7, 11) is 0. The summed E-state index contributed by atoms with van der Waals surface area (Å²) >= 11 is 0. The molecule has 3 aromatic carbocycles. The zero-order valence-corrected chi connectivity index (χ0v) is 15.4. The molecule has 4 aromatic rings. The Labute approximate surface area is 154 Å². The zero-order chi connectivity index (χ0) is 18.1. The molecule has 0 fully saturated rings. The lowest BCUT2D eigenvalue weighted by Crippen LogP contribution is -2.16. The van der Waals surface area contributed by atoms with E-state index < -0.39 is 0 Å². The summed E-state index contributed by atoms with van der Waals surface area (Å²) in [5.41, 5.74) is 7.34. The highest BCUT2D eigenvalue weighted by atomic mass is 14.8. The van der Waals surface area contributed by atoms with Crippen LogP contribution in [0.2, 0.25) is 0 Å². The molecule has 0 N–H and O–H groups in total. The number of benzene rings is 3. The third-order valence-electron chi connectivity index (χ3n) is 4.55. The predicted molar refractivity (Wildman–Crippen MR) is 109 cm³/mol. The summed E-state index contributed by atoms with van der Waals surface area (Å²) in [5, 5.41) is 0. The summed E-state index contributed by atoms with van der Waals surface area (Å²) in [6.45, 7) is 6.56. The van der Waals surface area contributed by atoms with Crippen molar-refractivity contribution in [1.29, 1.82) is 0 Å². The second-order valence-electron chi connectivity index (χ2n) is 7.60. The van der Waals surface area contributed by atoms with E-state index in [1.165, 1.54) is 11.1 Å². The van der Waals surface area contributed by atoms with Crippen LogP contribution in [0.1, 0.15) is 26.5 Å². The molecule has 0 amide bonds. The van der Waals surface area contributed by atoms with Gasteiger partial charge >= 0.3 is 0 Å². The SMILES string of the molecule is CC(C)(C)c1nc2ccccc2nc1-c1ccc(-c2ccccc2)cc1. The van der Waals surface area contributed by atoms with E-state index >= 15 is 0 Å². The first kappa shape index (κ1) is 16.5. The molecule has 0 spiro atoms. The van der Waals surface area contributed by atoms with Gasteiger partial charge in [0.25, 0.3) is 0 Å². The van der Waals surface area contributed by atoms with E-state index in [-0.39, 0.29) is 5.41 Å². The lowest BCUT2D eigenvalue weighted by atomic mass is 9.88. The number of para-hydroxylation sites is 2. The van der Waals surface area contributed by atoms with Gasteiger partial charge in [0.1, 0.15) is 0 Å². The predicted octanol–water partition coefficient (Wildman–Crippen LogP) is 6.26. The van der Waals surface area contributed by atoms with E-state index in [1.54, 1.807) is 0 Å². The van der Waals surface area contributed by atoms with Crippen LogP contribution in [0.4, 0.5) is 0 Å². The van der Waals surface area contributed by atoms with Crippen molar-refractivity contribution in [3.8, 4) is 22.4 Å². The second-order valence-corrected chi connectivity index (χ2v) is 7.60. The van der Waals surface area contributed by atoms with Gasteiger partial charge in [0.05, 0.1) is 22.4 Å². The molecule has 2 heteroatoms. The van der Waals surface area contributed by atoms with Crippen LogP contribution in [-0.4, -0.2) is 9.97 Å². The molecule has 0 atom stereocenters. The minimum absolute atomic E-state index is 0.0789. The Bertz CT molecular complexity index is 1040.